The largest absolute Gasteiger partial charge is 0.507 e. The maximum absolute atomic E-state index is 11.8. The van der Waals surface area contributed by atoms with Gasteiger partial charge in [-0.25, -0.2) is 5.43 Å². The molecule has 0 radical (unpaired) electrons. The average Bonchev–Trinajstić information content (AvgIpc) is 2.49. The maximum atomic E-state index is 11.8. The van der Waals surface area contributed by atoms with Crippen molar-refractivity contribution in [2.45, 2.75) is 19.3 Å². The SMILES string of the molecule is O=C(NN=Cc1ccccc1O)C(=O)N1CCCCC1. The van der Waals surface area contributed by atoms with E-state index in [1.165, 1.54) is 17.2 Å². The van der Waals surface area contributed by atoms with E-state index in [4.69, 9.17) is 0 Å². The van der Waals surface area contributed by atoms with Crippen molar-refractivity contribution in [1.82, 2.24) is 10.3 Å². The molecule has 1 aliphatic rings. The minimum absolute atomic E-state index is 0.0628. The van der Waals surface area contributed by atoms with Gasteiger partial charge in [0.05, 0.1) is 6.21 Å². The number of aromatic hydroxyl groups is 1. The van der Waals surface area contributed by atoms with E-state index in [1.54, 1.807) is 18.2 Å². The Labute approximate surface area is 117 Å². The lowest BCUT2D eigenvalue weighted by molar-refractivity contribution is -0.146. The number of piperidine rings is 1. The van der Waals surface area contributed by atoms with Crippen LogP contribution in [0.25, 0.3) is 0 Å². The van der Waals surface area contributed by atoms with Crippen molar-refractivity contribution in [1.29, 1.82) is 0 Å². The summed E-state index contributed by atoms with van der Waals surface area (Å²) < 4.78 is 0. The van der Waals surface area contributed by atoms with Gasteiger partial charge in [0.25, 0.3) is 0 Å². The monoisotopic (exact) mass is 275 g/mol. The summed E-state index contributed by atoms with van der Waals surface area (Å²) in [5, 5.41) is 13.2. The van der Waals surface area contributed by atoms with Gasteiger partial charge in [-0.2, -0.15) is 5.10 Å². The zero-order chi connectivity index (χ0) is 14.4. The van der Waals surface area contributed by atoms with Crippen LogP contribution >= 0.6 is 0 Å². The van der Waals surface area contributed by atoms with Gasteiger partial charge in [-0.15, -0.1) is 0 Å². The van der Waals surface area contributed by atoms with Crippen LogP contribution in [0.15, 0.2) is 29.4 Å². The van der Waals surface area contributed by atoms with Gasteiger partial charge in [0.1, 0.15) is 5.75 Å². The number of rotatable bonds is 2. The van der Waals surface area contributed by atoms with Crippen LogP contribution in [0.1, 0.15) is 24.8 Å². The predicted octanol–water partition coefficient (Wildman–Crippen LogP) is 0.855. The van der Waals surface area contributed by atoms with Gasteiger partial charge in [0.2, 0.25) is 0 Å². The molecular formula is C14H17N3O3. The first-order valence-electron chi connectivity index (χ1n) is 6.59. The Hall–Kier alpha value is -2.37. The van der Waals surface area contributed by atoms with Crippen molar-refractivity contribution < 1.29 is 14.7 Å². The van der Waals surface area contributed by atoms with Gasteiger partial charge in [-0.3, -0.25) is 9.59 Å². The number of likely N-dealkylation sites (tertiary alicyclic amines) is 1. The number of hydrogen-bond donors (Lipinski definition) is 2. The van der Waals surface area contributed by atoms with E-state index in [9.17, 15) is 14.7 Å². The molecule has 1 aromatic carbocycles. The molecule has 1 fully saturated rings. The zero-order valence-electron chi connectivity index (χ0n) is 11.1. The van der Waals surface area contributed by atoms with Gasteiger partial charge < -0.3 is 10.0 Å². The Kier molecular flexibility index (Phi) is 4.70. The predicted molar refractivity (Wildman–Crippen MR) is 74.3 cm³/mol. The number of hydrogen-bond acceptors (Lipinski definition) is 4. The number of nitrogens with one attached hydrogen (secondary N) is 1. The Balaban J connectivity index is 1.88. The first-order valence-corrected chi connectivity index (χ1v) is 6.59. The number of carbonyl (C=O) groups excluding carboxylic acids is 2. The number of nitrogens with zero attached hydrogens (tertiary/aromatic N) is 2. The minimum Gasteiger partial charge on any atom is -0.507 e. The molecule has 20 heavy (non-hydrogen) atoms. The molecule has 0 atom stereocenters. The van der Waals surface area contributed by atoms with Gasteiger partial charge in [-0.1, -0.05) is 12.1 Å². The maximum Gasteiger partial charge on any atom is 0.329 e. The van der Waals surface area contributed by atoms with E-state index >= 15 is 0 Å². The van der Waals surface area contributed by atoms with E-state index in [2.05, 4.69) is 10.5 Å². The van der Waals surface area contributed by atoms with Crippen LogP contribution in [0.2, 0.25) is 0 Å². The summed E-state index contributed by atoms with van der Waals surface area (Å²) in [6.45, 7) is 1.24. The van der Waals surface area contributed by atoms with Crippen LogP contribution in [0.3, 0.4) is 0 Å². The fourth-order valence-electron chi connectivity index (χ4n) is 2.05. The number of amides is 2. The second kappa shape index (κ2) is 6.70. The van der Waals surface area contributed by atoms with E-state index < -0.39 is 11.8 Å². The highest BCUT2D eigenvalue weighted by Crippen LogP contribution is 2.12. The third-order valence-corrected chi connectivity index (χ3v) is 3.14. The number of para-hydroxylation sites is 1. The second-order valence-electron chi connectivity index (χ2n) is 4.61. The van der Waals surface area contributed by atoms with Crippen molar-refractivity contribution in [3.05, 3.63) is 29.8 Å². The molecule has 1 heterocycles. The van der Waals surface area contributed by atoms with Gasteiger partial charge in [0.15, 0.2) is 0 Å². The van der Waals surface area contributed by atoms with Gasteiger partial charge in [0, 0.05) is 18.7 Å². The van der Waals surface area contributed by atoms with Crippen molar-refractivity contribution in [3.63, 3.8) is 0 Å². The van der Waals surface area contributed by atoms with Crippen LogP contribution in [-0.2, 0) is 9.59 Å². The first kappa shape index (κ1) is 14.0. The highest BCUT2D eigenvalue weighted by molar-refractivity contribution is 6.35. The van der Waals surface area contributed by atoms with Crippen molar-refractivity contribution in [2.24, 2.45) is 5.10 Å². The molecule has 2 rings (SSSR count). The van der Waals surface area contributed by atoms with Crippen molar-refractivity contribution in [3.8, 4) is 5.75 Å². The Morgan fingerprint density at radius 1 is 1.20 bits per heavy atom. The number of benzene rings is 1. The van der Waals surface area contributed by atoms with E-state index in [0.29, 0.717) is 18.7 Å². The van der Waals surface area contributed by atoms with Crippen LogP contribution < -0.4 is 5.43 Å². The van der Waals surface area contributed by atoms with E-state index in [-0.39, 0.29) is 5.75 Å². The van der Waals surface area contributed by atoms with Crippen LogP contribution in [0.5, 0.6) is 5.75 Å². The molecule has 0 saturated carbocycles. The molecule has 2 amide bonds. The summed E-state index contributed by atoms with van der Waals surface area (Å²) in [5.74, 6) is -1.24. The molecule has 2 N–H and O–H groups in total. The molecule has 0 aromatic heterocycles. The highest BCUT2D eigenvalue weighted by atomic mass is 16.3. The fraction of sp³-hybridized carbons (Fsp3) is 0.357. The topological polar surface area (TPSA) is 82.0 Å². The van der Waals surface area contributed by atoms with Crippen LogP contribution in [0, 0.1) is 0 Å². The number of phenolic OH excluding ortho intramolecular Hbond substituents is 1. The van der Waals surface area contributed by atoms with Crippen molar-refractivity contribution in [2.75, 3.05) is 13.1 Å². The lowest BCUT2D eigenvalue weighted by atomic mass is 10.1. The molecule has 1 saturated heterocycles. The molecule has 0 unspecified atom stereocenters. The molecule has 1 aliphatic heterocycles. The van der Waals surface area contributed by atoms with E-state index in [1.807, 2.05) is 0 Å². The smallest absolute Gasteiger partial charge is 0.329 e. The van der Waals surface area contributed by atoms with Crippen LogP contribution in [0.4, 0.5) is 0 Å². The lowest BCUT2D eigenvalue weighted by Crippen LogP contribution is -2.43. The third kappa shape index (κ3) is 3.57. The lowest BCUT2D eigenvalue weighted by Gasteiger charge is -2.25. The average molecular weight is 275 g/mol. The van der Waals surface area contributed by atoms with Crippen molar-refractivity contribution >= 4 is 18.0 Å². The zero-order valence-corrected chi connectivity index (χ0v) is 11.1. The molecule has 1 aromatic rings. The molecule has 0 spiro atoms. The first-order chi connectivity index (χ1) is 9.68. The Bertz CT molecular complexity index is 522. The Morgan fingerprint density at radius 2 is 1.90 bits per heavy atom. The summed E-state index contributed by atoms with van der Waals surface area (Å²) in [4.78, 5) is 25.0. The number of hydrazone groups is 1. The third-order valence-electron chi connectivity index (χ3n) is 3.14. The fourth-order valence-corrected chi connectivity index (χ4v) is 2.05. The summed E-state index contributed by atoms with van der Waals surface area (Å²) in [5.41, 5.74) is 2.65. The van der Waals surface area contributed by atoms with E-state index in [0.717, 1.165) is 19.3 Å². The van der Waals surface area contributed by atoms with Gasteiger partial charge >= 0.3 is 11.8 Å². The standard InChI is InChI=1S/C14H17N3O3/c18-12-7-3-2-6-11(12)10-15-16-13(19)14(20)17-8-4-1-5-9-17/h2-3,6-7,10,18H,1,4-5,8-9H2,(H,16,19). The summed E-state index contributed by atoms with van der Waals surface area (Å²) in [6, 6.07) is 6.59. The summed E-state index contributed by atoms with van der Waals surface area (Å²) in [6.07, 6.45) is 4.26. The number of phenols is 1. The van der Waals surface area contributed by atoms with Crippen LogP contribution in [-0.4, -0.2) is 41.1 Å². The molecular weight excluding hydrogens is 258 g/mol. The minimum atomic E-state index is -0.751. The summed E-state index contributed by atoms with van der Waals surface area (Å²) >= 11 is 0. The normalized spacial score (nSPS) is 15.3. The molecule has 6 heteroatoms. The highest BCUT2D eigenvalue weighted by Gasteiger charge is 2.22. The molecule has 6 nitrogen and oxygen atoms in total. The number of carbonyl (C=O) groups is 2. The second-order valence-corrected chi connectivity index (χ2v) is 4.61. The molecule has 106 valence electrons. The molecule has 0 bridgehead atoms. The Morgan fingerprint density at radius 3 is 2.60 bits per heavy atom. The van der Waals surface area contributed by atoms with Gasteiger partial charge in [-0.05, 0) is 31.4 Å². The summed E-state index contributed by atoms with van der Waals surface area (Å²) in [7, 11) is 0. The molecule has 0 aliphatic carbocycles. The quantitative estimate of drug-likeness (QED) is 0.477.